The van der Waals surface area contributed by atoms with Crippen LogP contribution >= 0.6 is 22.9 Å². The Morgan fingerprint density at radius 2 is 2.04 bits per heavy atom. The van der Waals surface area contributed by atoms with Crippen LogP contribution in [0.4, 0.5) is 10.1 Å². The van der Waals surface area contributed by atoms with Crippen LogP contribution in [-0.2, 0) is 11.2 Å². The predicted octanol–water partition coefficient (Wildman–Crippen LogP) is 5.34. The van der Waals surface area contributed by atoms with Crippen LogP contribution in [-0.4, -0.2) is 15.3 Å². The quantitative estimate of drug-likeness (QED) is 0.503. The van der Waals surface area contributed by atoms with Crippen molar-refractivity contribution in [3.63, 3.8) is 0 Å². The van der Waals surface area contributed by atoms with E-state index in [1.54, 1.807) is 0 Å². The normalized spacial score (nSPS) is 11.1. The molecule has 4 rings (SSSR count). The van der Waals surface area contributed by atoms with Gasteiger partial charge in [0.15, 0.2) is 4.96 Å². The summed E-state index contributed by atoms with van der Waals surface area (Å²) in [5, 5.41) is 4.63. The van der Waals surface area contributed by atoms with Gasteiger partial charge < -0.3 is 5.32 Å². The maximum absolute atomic E-state index is 13.2. The summed E-state index contributed by atoms with van der Waals surface area (Å²) < 4.78 is 15.2. The van der Waals surface area contributed by atoms with Crippen LogP contribution in [0.25, 0.3) is 16.2 Å². The lowest BCUT2D eigenvalue weighted by atomic mass is 10.1. The minimum atomic E-state index is -0.517. The van der Waals surface area contributed by atoms with Crippen molar-refractivity contribution in [1.82, 2.24) is 9.38 Å². The maximum atomic E-state index is 13.2. The molecular weight excluding hydrogens is 385 g/mol. The number of thiazole rings is 1. The third-order valence-electron chi connectivity index (χ3n) is 4.18. The van der Waals surface area contributed by atoms with Gasteiger partial charge in [-0.3, -0.25) is 9.20 Å². The van der Waals surface area contributed by atoms with Crippen molar-refractivity contribution in [2.45, 2.75) is 13.3 Å². The molecule has 0 aliphatic carbocycles. The first kappa shape index (κ1) is 17.7. The van der Waals surface area contributed by atoms with Crippen LogP contribution in [0.3, 0.4) is 0 Å². The number of carbonyl (C=O) groups is 1. The van der Waals surface area contributed by atoms with Crippen molar-refractivity contribution in [3.05, 3.63) is 76.1 Å². The first-order valence-electron chi connectivity index (χ1n) is 8.27. The number of amides is 1. The average molecular weight is 400 g/mol. The number of aryl methyl sites for hydroxylation is 1. The van der Waals surface area contributed by atoms with E-state index in [2.05, 4.69) is 10.3 Å². The lowest BCUT2D eigenvalue weighted by Gasteiger charge is -2.05. The van der Waals surface area contributed by atoms with E-state index >= 15 is 0 Å². The molecular formula is C20H15ClFN3OS. The van der Waals surface area contributed by atoms with E-state index in [0.717, 1.165) is 21.9 Å². The first-order valence-corrected chi connectivity index (χ1v) is 9.53. The van der Waals surface area contributed by atoms with Crippen molar-refractivity contribution >= 4 is 39.5 Å². The van der Waals surface area contributed by atoms with Crippen molar-refractivity contribution in [3.8, 4) is 11.3 Å². The van der Waals surface area contributed by atoms with Gasteiger partial charge in [-0.25, -0.2) is 9.37 Å². The number of benzene rings is 2. The van der Waals surface area contributed by atoms with Crippen LogP contribution in [0, 0.1) is 12.7 Å². The zero-order valence-electron chi connectivity index (χ0n) is 14.4. The number of carbonyl (C=O) groups excluding carboxylic acids is 1. The Morgan fingerprint density at radius 1 is 1.26 bits per heavy atom. The predicted molar refractivity (Wildman–Crippen MR) is 107 cm³/mol. The zero-order chi connectivity index (χ0) is 19.0. The summed E-state index contributed by atoms with van der Waals surface area (Å²) in [6.45, 7) is 2.04. The fourth-order valence-corrected chi connectivity index (χ4v) is 3.82. The van der Waals surface area contributed by atoms with E-state index in [1.165, 1.54) is 35.1 Å². The molecule has 0 saturated heterocycles. The summed E-state index contributed by atoms with van der Waals surface area (Å²) >= 11 is 7.24. The SMILES string of the molecule is Cc1ccc(-c2cn3c(CC(=O)Nc4ccc(F)c(Cl)c4)csc3n2)cc1. The number of rotatable bonds is 4. The largest absolute Gasteiger partial charge is 0.326 e. The fourth-order valence-electron chi connectivity index (χ4n) is 2.76. The van der Waals surface area contributed by atoms with E-state index in [9.17, 15) is 9.18 Å². The monoisotopic (exact) mass is 399 g/mol. The molecule has 0 spiro atoms. The molecule has 0 radical (unpaired) electrons. The Bertz CT molecular complexity index is 1130. The lowest BCUT2D eigenvalue weighted by Crippen LogP contribution is -2.15. The molecule has 136 valence electrons. The molecule has 7 heteroatoms. The van der Waals surface area contributed by atoms with Gasteiger partial charge >= 0.3 is 0 Å². The highest BCUT2D eigenvalue weighted by Crippen LogP contribution is 2.25. The molecule has 0 saturated carbocycles. The van der Waals surface area contributed by atoms with Crippen LogP contribution in [0.5, 0.6) is 0 Å². The second kappa shape index (κ2) is 7.13. The van der Waals surface area contributed by atoms with Gasteiger partial charge in [0.1, 0.15) is 5.82 Å². The Labute approximate surface area is 164 Å². The topological polar surface area (TPSA) is 46.4 Å². The van der Waals surface area contributed by atoms with Gasteiger partial charge in [-0.05, 0) is 25.1 Å². The van der Waals surface area contributed by atoms with Crippen molar-refractivity contribution in [2.24, 2.45) is 0 Å². The van der Waals surface area contributed by atoms with Crippen molar-refractivity contribution in [1.29, 1.82) is 0 Å². The number of hydrogen-bond donors (Lipinski definition) is 1. The summed E-state index contributed by atoms with van der Waals surface area (Å²) in [5.41, 5.74) is 4.40. The Morgan fingerprint density at radius 3 is 2.78 bits per heavy atom. The van der Waals surface area contributed by atoms with Gasteiger partial charge in [0.25, 0.3) is 0 Å². The molecule has 4 aromatic rings. The number of hydrogen-bond acceptors (Lipinski definition) is 3. The van der Waals surface area contributed by atoms with E-state index < -0.39 is 5.82 Å². The van der Waals surface area contributed by atoms with E-state index in [-0.39, 0.29) is 17.4 Å². The molecule has 0 aliphatic rings. The van der Waals surface area contributed by atoms with E-state index in [1.807, 2.05) is 47.2 Å². The molecule has 0 unspecified atom stereocenters. The standard InChI is InChI=1S/C20H15ClFN3OS/c1-12-2-4-13(5-3-12)18-10-25-15(11-27-20(25)24-18)9-19(26)23-14-6-7-17(22)16(21)8-14/h2-8,10-11H,9H2,1H3,(H,23,26). The van der Waals surface area contributed by atoms with Gasteiger partial charge in [-0.15, -0.1) is 11.3 Å². The molecule has 0 atom stereocenters. The molecule has 4 nitrogen and oxygen atoms in total. The third-order valence-corrected chi connectivity index (χ3v) is 5.35. The number of nitrogens with one attached hydrogen (secondary N) is 1. The maximum Gasteiger partial charge on any atom is 0.230 e. The van der Waals surface area contributed by atoms with Crippen LogP contribution in [0.1, 0.15) is 11.3 Å². The smallest absolute Gasteiger partial charge is 0.230 e. The molecule has 0 fully saturated rings. The lowest BCUT2D eigenvalue weighted by molar-refractivity contribution is -0.115. The number of nitrogens with zero attached hydrogens (tertiary/aromatic N) is 2. The van der Waals surface area contributed by atoms with Crippen molar-refractivity contribution in [2.75, 3.05) is 5.32 Å². The van der Waals surface area contributed by atoms with E-state index in [0.29, 0.717) is 5.69 Å². The number of imidazole rings is 1. The van der Waals surface area contributed by atoms with Gasteiger partial charge in [-0.1, -0.05) is 41.4 Å². The van der Waals surface area contributed by atoms with Gasteiger partial charge in [-0.2, -0.15) is 0 Å². The minimum Gasteiger partial charge on any atom is -0.326 e. The van der Waals surface area contributed by atoms with Crippen LogP contribution in [0.2, 0.25) is 5.02 Å². The highest BCUT2D eigenvalue weighted by atomic mass is 35.5. The summed E-state index contributed by atoms with van der Waals surface area (Å²) in [6.07, 6.45) is 2.12. The molecule has 0 bridgehead atoms. The van der Waals surface area contributed by atoms with Gasteiger partial charge in [0.2, 0.25) is 5.91 Å². The average Bonchev–Trinajstić information content (AvgIpc) is 3.21. The highest BCUT2D eigenvalue weighted by Gasteiger charge is 2.13. The second-order valence-electron chi connectivity index (χ2n) is 6.23. The van der Waals surface area contributed by atoms with E-state index in [4.69, 9.17) is 11.6 Å². The highest BCUT2D eigenvalue weighted by molar-refractivity contribution is 7.15. The van der Waals surface area contributed by atoms with Crippen molar-refractivity contribution < 1.29 is 9.18 Å². The Hall–Kier alpha value is -2.70. The summed E-state index contributed by atoms with van der Waals surface area (Å²) in [6, 6.07) is 12.3. The molecule has 2 aromatic heterocycles. The first-order chi connectivity index (χ1) is 13.0. The number of halogens is 2. The van der Waals surface area contributed by atoms with Crippen LogP contribution < -0.4 is 5.32 Å². The molecule has 2 heterocycles. The third kappa shape index (κ3) is 3.72. The zero-order valence-corrected chi connectivity index (χ0v) is 15.9. The second-order valence-corrected chi connectivity index (χ2v) is 7.47. The number of fused-ring (bicyclic) bond motifs is 1. The molecule has 2 aromatic carbocycles. The Kier molecular flexibility index (Phi) is 4.68. The molecule has 1 amide bonds. The molecule has 0 aliphatic heterocycles. The molecule has 27 heavy (non-hydrogen) atoms. The fraction of sp³-hybridized carbons (Fsp3) is 0.100. The van der Waals surface area contributed by atoms with Crippen LogP contribution in [0.15, 0.2) is 54.0 Å². The van der Waals surface area contributed by atoms with Gasteiger partial charge in [0.05, 0.1) is 17.1 Å². The van der Waals surface area contributed by atoms with Gasteiger partial charge in [0, 0.05) is 28.5 Å². The minimum absolute atomic E-state index is 0.0249. The summed E-state index contributed by atoms with van der Waals surface area (Å²) in [4.78, 5) is 17.8. The number of anilines is 1. The summed E-state index contributed by atoms with van der Waals surface area (Å²) in [7, 11) is 0. The summed E-state index contributed by atoms with van der Waals surface area (Å²) in [5.74, 6) is -0.723. The number of aromatic nitrogens is 2. The Balaban J connectivity index is 1.54. The molecule has 1 N–H and O–H groups in total.